The van der Waals surface area contributed by atoms with Gasteiger partial charge < -0.3 is 10.0 Å². The third-order valence-corrected chi connectivity index (χ3v) is 7.03. The molecule has 3 saturated heterocycles. The number of β-amino-alcohol motifs (C(OH)–C–C–N with tert-alkyl or cyclic N) is 1. The summed E-state index contributed by atoms with van der Waals surface area (Å²) in [4.78, 5) is 20.0. The first-order valence-corrected chi connectivity index (χ1v) is 11.1. The topological polar surface area (TPSA) is 47.0 Å². The average Bonchev–Trinajstić information content (AvgIpc) is 3.08. The number of amides is 1. The Morgan fingerprint density at radius 1 is 1.03 bits per heavy atom. The number of carbonyl (C=O) groups is 1. The molecule has 30 heavy (non-hydrogen) atoms. The van der Waals surface area contributed by atoms with Crippen LogP contribution in [0.3, 0.4) is 0 Å². The van der Waals surface area contributed by atoms with Gasteiger partial charge in [-0.15, -0.1) is 0 Å². The molecular formula is C24H28ClN3O2. The van der Waals surface area contributed by atoms with E-state index in [0.29, 0.717) is 6.42 Å². The van der Waals surface area contributed by atoms with Gasteiger partial charge in [0.15, 0.2) is 0 Å². The number of halogens is 1. The van der Waals surface area contributed by atoms with Crippen LogP contribution >= 0.6 is 11.6 Å². The lowest BCUT2D eigenvalue weighted by atomic mass is 9.83. The van der Waals surface area contributed by atoms with Gasteiger partial charge in [-0.25, -0.2) is 0 Å². The van der Waals surface area contributed by atoms with Crippen molar-refractivity contribution in [2.75, 3.05) is 32.7 Å². The lowest BCUT2D eigenvalue weighted by Crippen LogP contribution is -2.78. The molecule has 1 amide bonds. The molecule has 0 saturated carbocycles. The summed E-state index contributed by atoms with van der Waals surface area (Å²) in [6.45, 7) is 4.88. The number of rotatable bonds is 4. The Balaban J connectivity index is 1.29. The van der Waals surface area contributed by atoms with E-state index in [1.807, 2.05) is 53.4 Å². The second-order valence-electron chi connectivity index (χ2n) is 9.13. The fourth-order valence-electron chi connectivity index (χ4n) is 5.56. The summed E-state index contributed by atoms with van der Waals surface area (Å²) < 4.78 is 0. The number of likely N-dealkylation sites (tertiary alicyclic amines) is 1. The van der Waals surface area contributed by atoms with E-state index in [1.165, 1.54) is 5.56 Å². The number of hydrogen-bond acceptors (Lipinski definition) is 4. The monoisotopic (exact) mass is 425 g/mol. The van der Waals surface area contributed by atoms with E-state index in [4.69, 9.17) is 11.6 Å². The van der Waals surface area contributed by atoms with E-state index < -0.39 is 0 Å². The second kappa shape index (κ2) is 7.97. The van der Waals surface area contributed by atoms with Crippen LogP contribution in [0.25, 0.3) is 0 Å². The average molecular weight is 426 g/mol. The van der Waals surface area contributed by atoms with Crippen LogP contribution in [-0.4, -0.2) is 76.1 Å². The molecule has 1 N–H and O–H groups in total. The first kappa shape index (κ1) is 20.0. The number of benzene rings is 2. The van der Waals surface area contributed by atoms with Gasteiger partial charge in [0.1, 0.15) is 0 Å². The van der Waals surface area contributed by atoms with Crippen LogP contribution in [0.15, 0.2) is 54.6 Å². The van der Waals surface area contributed by atoms with Gasteiger partial charge >= 0.3 is 0 Å². The molecule has 3 heterocycles. The van der Waals surface area contributed by atoms with Gasteiger partial charge in [0.2, 0.25) is 5.91 Å². The number of piperazine rings is 1. The molecule has 3 aliphatic rings. The lowest BCUT2D eigenvalue weighted by molar-refractivity contribution is -0.150. The second-order valence-corrected chi connectivity index (χ2v) is 9.57. The van der Waals surface area contributed by atoms with Gasteiger partial charge in [-0.05, 0) is 29.7 Å². The molecule has 0 aliphatic carbocycles. The largest absolute Gasteiger partial charge is 0.392 e. The Kier molecular flexibility index (Phi) is 5.31. The molecule has 5 rings (SSSR count). The summed E-state index contributed by atoms with van der Waals surface area (Å²) in [5.74, 6) is 0.190. The quantitative estimate of drug-likeness (QED) is 0.817. The van der Waals surface area contributed by atoms with E-state index >= 15 is 0 Å². The molecule has 3 aliphatic heterocycles. The standard InChI is InChI=1S/C24H28ClN3O2/c25-20-8-4-7-19(9-20)12-26-15-24(16-26)17-27(13-21-11-22(29)14-28(21)24)23(30)10-18-5-2-1-3-6-18/h1-9,21-22,29H,10-17H2. The molecule has 158 valence electrons. The fraction of sp³-hybridized carbons (Fsp3) is 0.458. The molecule has 6 heteroatoms. The highest BCUT2D eigenvalue weighted by Crippen LogP contribution is 2.39. The van der Waals surface area contributed by atoms with Crippen molar-refractivity contribution in [1.82, 2.24) is 14.7 Å². The van der Waals surface area contributed by atoms with Gasteiger partial charge in [-0.2, -0.15) is 0 Å². The predicted molar refractivity (Wildman–Crippen MR) is 117 cm³/mol. The Morgan fingerprint density at radius 3 is 2.57 bits per heavy atom. The first-order chi connectivity index (χ1) is 14.5. The number of nitrogens with zero attached hydrogens (tertiary/aromatic N) is 3. The molecule has 5 nitrogen and oxygen atoms in total. The van der Waals surface area contributed by atoms with E-state index in [0.717, 1.165) is 56.3 Å². The smallest absolute Gasteiger partial charge is 0.227 e. The summed E-state index contributed by atoms with van der Waals surface area (Å²) in [5.41, 5.74) is 2.22. The van der Waals surface area contributed by atoms with Crippen molar-refractivity contribution < 1.29 is 9.90 Å². The Labute approximate surface area is 182 Å². The molecule has 0 radical (unpaired) electrons. The summed E-state index contributed by atoms with van der Waals surface area (Å²) in [6.07, 6.45) is 0.905. The van der Waals surface area contributed by atoms with E-state index in [9.17, 15) is 9.90 Å². The molecule has 1 spiro atoms. The summed E-state index contributed by atoms with van der Waals surface area (Å²) in [6, 6.07) is 18.2. The van der Waals surface area contributed by atoms with Crippen molar-refractivity contribution in [3.05, 3.63) is 70.7 Å². The van der Waals surface area contributed by atoms with Crippen molar-refractivity contribution in [3.63, 3.8) is 0 Å². The number of hydrogen-bond donors (Lipinski definition) is 1. The van der Waals surface area contributed by atoms with Gasteiger partial charge in [-0.3, -0.25) is 14.6 Å². The van der Waals surface area contributed by atoms with Crippen LogP contribution in [0, 0.1) is 0 Å². The zero-order valence-electron chi connectivity index (χ0n) is 17.1. The molecule has 2 aromatic rings. The van der Waals surface area contributed by atoms with Crippen LogP contribution in [0.1, 0.15) is 17.5 Å². The van der Waals surface area contributed by atoms with Crippen LogP contribution in [0.4, 0.5) is 0 Å². The van der Waals surface area contributed by atoms with E-state index in [-0.39, 0.29) is 23.6 Å². The summed E-state index contributed by atoms with van der Waals surface area (Å²) in [7, 11) is 0. The zero-order chi connectivity index (χ0) is 20.7. The van der Waals surface area contributed by atoms with Crippen molar-refractivity contribution in [2.24, 2.45) is 0 Å². The van der Waals surface area contributed by atoms with Crippen LogP contribution in [0.2, 0.25) is 5.02 Å². The van der Waals surface area contributed by atoms with E-state index in [2.05, 4.69) is 15.9 Å². The van der Waals surface area contributed by atoms with Gasteiger partial charge in [0.05, 0.1) is 18.1 Å². The van der Waals surface area contributed by atoms with E-state index in [1.54, 1.807) is 0 Å². The van der Waals surface area contributed by atoms with Gasteiger partial charge in [0, 0.05) is 50.3 Å². The molecular weight excluding hydrogens is 398 g/mol. The van der Waals surface area contributed by atoms with Crippen molar-refractivity contribution in [2.45, 2.75) is 37.1 Å². The SMILES string of the molecule is O=C(Cc1ccccc1)N1CC2CC(O)CN2C2(CN(Cc3cccc(Cl)c3)C2)C1. The molecule has 2 unspecified atom stereocenters. The highest BCUT2D eigenvalue weighted by Gasteiger charge is 2.56. The summed E-state index contributed by atoms with van der Waals surface area (Å²) in [5, 5.41) is 11.1. The Bertz CT molecular complexity index is 916. The van der Waals surface area contributed by atoms with Crippen molar-refractivity contribution in [3.8, 4) is 0 Å². The normalized spacial score (nSPS) is 25.9. The van der Waals surface area contributed by atoms with Crippen LogP contribution in [0.5, 0.6) is 0 Å². The number of carbonyl (C=O) groups excluding carboxylic acids is 1. The van der Waals surface area contributed by atoms with Gasteiger partial charge in [0.25, 0.3) is 0 Å². The van der Waals surface area contributed by atoms with Crippen LogP contribution < -0.4 is 0 Å². The van der Waals surface area contributed by atoms with Crippen LogP contribution in [-0.2, 0) is 17.8 Å². The number of aliphatic hydroxyl groups is 1. The summed E-state index contributed by atoms with van der Waals surface area (Å²) >= 11 is 6.14. The minimum Gasteiger partial charge on any atom is -0.392 e. The third-order valence-electron chi connectivity index (χ3n) is 6.80. The molecule has 2 atom stereocenters. The zero-order valence-corrected chi connectivity index (χ0v) is 17.8. The predicted octanol–water partition coefficient (Wildman–Crippen LogP) is 2.41. The minimum atomic E-state index is -0.293. The van der Waals surface area contributed by atoms with Gasteiger partial charge in [-0.1, -0.05) is 54.1 Å². The van der Waals surface area contributed by atoms with Crippen molar-refractivity contribution >= 4 is 17.5 Å². The number of aliphatic hydroxyl groups excluding tert-OH is 1. The highest BCUT2D eigenvalue weighted by molar-refractivity contribution is 6.30. The maximum Gasteiger partial charge on any atom is 0.227 e. The number of fused-ring (bicyclic) bond motifs is 2. The molecule has 0 aromatic heterocycles. The highest BCUT2D eigenvalue weighted by atomic mass is 35.5. The Hall–Kier alpha value is -1.92. The maximum absolute atomic E-state index is 13.1. The first-order valence-electron chi connectivity index (χ1n) is 10.7. The Morgan fingerprint density at radius 2 is 1.80 bits per heavy atom. The fourth-order valence-corrected chi connectivity index (χ4v) is 5.77. The third kappa shape index (κ3) is 3.87. The molecule has 2 aromatic carbocycles. The maximum atomic E-state index is 13.1. The minimum absolute atomic E-state index is 0.0503. The lowest BCUT2D eigenvalue weighted by Gasteiger charge is -2.61. The molecule has 3 fully saturated rings. The molecule has 0 bridgehead atoms. The van der Waals surface area contributed by atoms with Crippen molar-refractivity contribution in [1.29, 1.82) is 0 Å².